The van der Waals surface area contributed by atoms with Crippen molar-refractivity contribution in [3.8, 4) is 0 Å². The Labute approximate surface area is 144 Å². The molecule has 0 aliphatic carbocycles. The summed E-state index contributed by atoms with van der Waals surface area (Å²) in [6.07, 6.45) is 1.03. The number of piperazine rings is 1. The van der Waals surface area contributed by atoms with Crippen LogP contribution in [0.3, 0.4) is 0 Å². The quantitative estimate of drug-likeness (QED) is 0.856. The smallest absolute Gasteiger partial charge is 0.243 e. The normalized spacial score (nSPS) is 16.3. The second-order valence-electron chi connectivity index (χ2n) is 6.18. The highest BCUT2D eigenvalue weighted by Crippen LogP contribution is 2.23. The van der Waals surface area contributed by atoms with Gasteiger partial charge in [0.2, 0.25) is 10.0 Å². The molecule has 0 amide bonds. The SMILES string of the molecule is CCc1ccc(N2CCN(S(=O)(=O)c3ccccc3C)CC2)cc1. The zero-order chi connectivity index (χ0) is 17.2. The monoisotopic (exact) mass is 344 g/mol. The van der Waals surface area contributed by atoms with E-state index in [9.17, 15) is 8.42 Å². The molecule has 1 saturated heterocycles. The minimum absolute atomic E-state index is 0.422. The van der Waals surface area contributed by atoms with Crippen LogP contribution in [0.1, 0.15) is 18.1 Å². The van der Waals surface area contributed by atoms with Crippen LogP contribution in [0.4, 0.5) is 5.69 Å². The number of sulfonamides is 1. The molecule has 128 valence electrons. The zero-order valence-electron chi connectivity index (χ0n) is 14.3. The lowest BCUT2D eigenvalue weighted by Crippen LogP contribution is -2.48. The summed E-state index contributed by atoms with van der Waals surface area (Å²) >= 11 is 0. The van der Waals surface area contributed by atoms with Gasteiger partial charge in [-0.15, -0.1) is 0 Å². The molecule has 0 atom stereocenters. The van der Waals surface area contributed by atoms with Crippen molar-refractivity contribution < 1.29 is 8.42 Å². The Morgan fingerprint density at radius 3 is 2.12 bits per heavy atom. The van der Waals surface area contributed by atoms with Gasteiger partial charge in [0.15, 0.2) is 0 Å². The van der Waals surface area contributed by atoms with Gasteiger partial charge in [-0.25, -0.2) is 8.42 Å². The van der Waals surface area contributed by atoms with E-state index in [0.29, 0.717) is 18.0 Å². The Kier molecular flexibility index (Phi) is 4.92. The van der Waals surface area contributed by atoms with Gasteiger partial charge in [-0.3, -0.25) is 0 Å². The van der Waals surface area contributed by atoms with E-state index in [0.717, 1.165) is 25.1 Å². The van der Waals surface area contributed by atoms with Crippen molar-refractivity contribution >= 4 is 15.7 Å². The lowest BCUT2D eigenvalue weighted by atomic mass is 10.1. The molecule has 0 unspecified atom stereocenters. The van der Waals surface area contributed by atoms with Crippen molar-refractivity contribution in [2.24, 2.45) is 0 Å². The Morgan fingerprint density at radius 1 is 0.917 bits per heavy atom. The third kappa shape index (κ3) is 3.32. The lowest BCUT2D eigenvalue weighted by Gasteiger charge is -2.35. The molecule has 1 aliphatic heterocycles. The molecule has 2 aromatic rings. The van der Waals surface area contributed by atoms with Crippen molar-refractivity contribution in [3.05, 3.63) is 59.7 Å². The number of anilines is 1. The van der Waals surface area contributed by atoms with E-state index in [4.69, 9.17) is 0 Å². The van der Waals surface area contributed by atoms with E-state index in [2.05, 4.69) is 36.1 Å². The first kappa shape index (κ1) is 17.0. The van der Waals surface area contributed by atoms with Gasteiger partial charge >= 0.3 is 0 Å². The molecular formula is C19H24N2O2S. The van der Waals surface area contributed by atoms with Crippen LogP contribution in [0, 0.1) is 6.92 Å². The average molecular weight is 344 g/mol. The Balaban J connectivity index is 1.71. The van der Waals surface area contributed by atoms with Crippen LogP contribution in [-0.4, -0.2) is 38.9 Å². The predicted octanol–water partition coefficient (Wildman–Crippen LogP) is 3.07. The molecule has 3 rings (SSSR count). The van der Waals surface area contributed by atoms with Crippen molar-refractivity contribution in [1.82, 2.24) is 4.31 Å². The number of nitrogens with zero attached hydrogens (tertiary/aromatic N) is 2. The molecule has 5 heteroatoms. The molecule has 0 saturated carbocycles. The summed E-state index contributed by atoms with van der Waals surface area (Å²) in [6.45, 7) is 6.47. The van der Waals surface area contributed by atoms with Crippen molar-refractivity contribution in [3.63, 3.8) is 0 Å². The minimum Gasteiger partial charge on any atom is -0.369 e. The highest BCUT2D eigenvalue weighted by atomic mass is 32.2. The summed E-state index contributed by atoms with van der Waals surface area (Å²) in [4.78, 5) is 2.68. The first-order valence-corrected chi connectivity index (χ1v) is 9.86. The van der Waals surface area contributed by atoms with Crippen molar-refractivity contribution in [2.75, 3.05) is 31.1 Å². The fourth-order valence-electron chi connectivity index (χ4n) is 3.11. The molecular weight excluding hydrogens is 320 g/mol. The number of hydrogen-bond donors (Lipinski definition) is 0. The van der Waals surface area contributed by atoms with E-state index >= 15 is 0 Å². The van der Waals surface area contributed by atoms with Gasteiger partial charge < -0.3 is 4.90 Å². The molecule has 1 heterocycles. The Morgan fingerprint density at radius 2 is 1.54 bits per heavy atom. The summed E-state index contributed by atoms with van der Waals surface area (Å²) in [5, 5.41) is 0. The van der Waals surface area contributed by atoms with Crippen LogP contribution < -0.4 is 4.90 Å². The third-order valence-electron chi connectivity index (χ3n) is 4.66. The maximum Gasteiger partial charge on any atom is 0.243 e. The fourth-order valence-corrected chi connectivity index (χ4v) is 4.76. The van der Waals surface area contributed by atoms with Gasteiger partial charge in [0, 0.05) is 31.9 Å². The van der Waals surface area contributed by atoms with Crippen LogP contribution in [0.5, 0.6) is 0 Å². The Hall–Kier alpha value is -1.85. The second-order valence-corrected chi connectivity index (χ2v) is 8.08. The summed E-state index contributed by atoms with van der Waals surface area (Å²) in [5.74, 6) is 0. The fraction of sp³-hybridized carbons (Fsp3) is 0.368. The van der Waals surface area contributed by atoms with Gasteiger partial charge in [-0.2, -0.15) is 4.31 Å². The van der Waals surface area contributed by atoms with E-state index in [-0.39, 0.29) is 0 Å². The number of rotatable bonds is 4. The van der Waals surface area contributed by atoms with Gasteiger partial charge in [-0.05, 0) is 42.7 Å². The molecule has 0 N–H and O–H groups in total. The van der Waals surface area contributed by atoms with Crippen LogP contribution in [0.2, 0.25) is 0 Å². The molecule has 2 aromatic carbocycles. The first-order valence-electron chi connectivity index (χ1n) is 8.42. The Bertz CT molecular complexity index is 792. The van der Waals surface area contributed by atoms with E-state index < -0.39 is 10.0 Å². The molecule has 0 aromatic heterocycles. The molecule has 4 nitrogen and oxygen atoms in total. The highest BCUT2D eigenvalue weighted by Gasteiger charge is 2.29. The van der Waals surface area contributed by atoms with Crippen molar-refractivity contribution in [1.29, 1.82) is 0 Å². The number of benzene rings is 2. The van der Waals surface area contributed by atoms with E-state index in [1.54, 1.807) is 16.4 Å². The van der Waals surface area contributed by atoms with Gasteiger partial charge in [0.05, 0.1) is 4.90 Å². The number of aryl methyl sites for hydroxylation is 2. The van der Waals surface area contributed by atoms with Crippen molar-refractivity contribution in [2.45, 2.75) is 25.2 Å². The van der Waals surface area contributed by atoms with Crippen LogP contribution in [0.25, 0.3) is 0 Å². The maximum atomic E-state index is 12.8. The number of hydrogen-bond acceptors (Lipinski definition) is 3. The van der Waals surface area contributed by atoms with E-state index in [1.807, 2.05) is 19.1 Å². The predicted molar refractivity (Wildman–Crippen MR) is 98.0 cm³/mol. The first-order chi connectivity index (χ1) is 11.5. The van der Waals surface area contributed by atoms with Gasteiger partial charge in [-0.1, -0.05) is 37.3 Å². The minimum atomic E-state index is -3.40. The average Bonchev–Trinajstić information content (AvgIpc) is 2.62. The summed E-state index contributed by atoms with van der Waals surface area (Å²) in [5.41, 5.74) is 3.29. The van der Waals surface area contributed by atoms with E-state index in [1.165, 1.54) is 11.3 Å². The molecule has 0 bridgehead atoms. The topological polar surface area (TPSA) is 40.6 Å². The summed E-state index contributed by atoms with van der Waals surface area (Å²) in [6, 6.07) is 15.7. The van der Waals surface area contributed by atoms with Gasteiger partial charge in [0.25, 0.3) is 0 Å². The maximum absolute atomic E-state index is 12.8. The third-order valence-corrected chi connectivity index (χ3v) is 6.72. The lowest BCUT2D eigenvalue weighted by molar-refractivity contribution is 0.384. The zero-order valence-corrected chi connectivity index (χ0v) is 15.1. The molecule has 24 heavy (non-hydrogen) atoms. The van der Waals surface area contributed by atoms with Crippen LogP contribution in [0.15, 0.2) is 53.4 Å². The van der Waals surface area contributed by atoms with Crippen LogP contribution >= 0.6 is 0 Å². The summed E-state index contributed by atoms with van der Waals surface area (Å²) < 4.78 is 27.3. The molecule has 1 aliphatic rings. The standard InChI is InChI=1S/C19H24N2O2S/c1-3-17-8-10-18(11-9-17)20-12-14-21(15-13-20)24(22,23)19-7-5-4-6-16(19)2/h4-11H,3,12-15H2,1-2H3. The van der Waals surface area contributed by atoms with Gasteiger partial charge in [0.1, 0.15) is 0 Å². The van der Waals surface area contributed by atoms with Crippen LogP contribution in [-0.2, 0) is 16.4 Å². The molecule has 1 fully saturated rings. The second kappa shape index (κ2) is 6.95. The summed E-state index contributed by atoms with van der Waals surface area (Å²) in [7, 11) is -3.40. The molecule has 0 spiro atoms. The highest BCUT2D eigenvalue weighted by molar-refractivity contribution is 7.89. The largest absolute Gasteiger partial charge is 0.369 e. The molecule has 0 radical (unpaired) electrons.